The van der Waals surface area contributed by atoms with Crippen LogP contribution in [0.15, 0.2) is 5.10 Å². The zero-order valence-corrected chi connectivity index (χ0v) is 10.7. The van der Waals surface area contributed by atoms with E-state index in [4.69, 9.17) is 20.3 Å². The molecule has 1 rings (SSSR count). The predicted octanol–water partition coefficient (Wildman–Crippen LogP) is -3.38. The molecule has 9 nitrogen and oxygen atoms in total. The van der Waals surface area contributed by atoms with Crippen LogP contribution in [-0.4, -0.2) is 75.7 Å². The first-order valence-electron chi connectivity index (χ1n) is 5.46. The molecule has 0 bridgehead atoms. The highest BCUT2D eigenvalue weighted by Gasteiger charge is 2.43. The Morgan fingerprint density at radius 2 is 2.05 bits per heavy atom. The quantitative estimate of drug-likeness (QED) is 0.173. The second-order valence-corrected chi connectivity index (χ2v) is 4.26. The summed E-state index contributed by atoms with van der Waals surface area (Å²) < 4.78 is 10.2. The topological polar surface area (TPSA) is 150 Å². The number of aliphatic hydroxyl groups is 4. The Labute approximate surface area is 114 Å². The summed E-state index contributed by atoms with van der Waals surface area (Å²) in [6.45, 7) is -0.569. The van der Waals surface area contributed by atoms with Crippen LogP contribution in [0.4, 0.5) is 0 Å². The molecule has 1 fully saturated rings. The van der Waals surface area contributed by atoms with Crippen LogP contribution in [0.25, 0.3) is 0 Å². The lowest BCUT2D eigenvalue weighted by Gasteiger charge is -2.39. The van der Waals surface area contributed by atoms with Crippen molar-refractivity contribution in [2.75, 3.05) is 13.2 Å². The van der Waals surface area contributed by atoms with Crippen molar-refractivity contribution in [1.29, 1.82) is 0 Å². The van der Waals surface area contributed by atoms with Crippen LogP contribution in [0.1, 0.15) is 0 Å². The van der Waals surface area contributed by atoms with E-state index >= 15 is 0 Å². The van der Waals surface area contributed by atoms with Crippen LogP contribution in [0, 0.1) is 0 Å². The normalized spacial score (nSPS) is 35.5. The Hall–Kier alpha value is -0.880. The minimum atomic E-state index is -1.47. The second kappa shape index (κ2) is 7.65. The Balaban J connectivity index is 2.44. The van der Waals surface area contributed by atoms with Crippen molar-refractivity contribution in [1.82, 2.24) is 5.43 Å². The highest BCUT2D eigenvalue weighted by molar-refractivity contribution is 7.80. The van der Waals surface area contributed by atoms with Gasteiger partial charge in [-0.05, 0) is 12.2 Å². The van der Waals surface area contributed by atoms with Gasteiger partial charge in [0.2, 0.25) is 0 Å². The van der Waals surface area contributed by atoms with E-state index in [0.29, 0.717) is 0 Å². The average Bonchev–Trinajstić information content (AvgIpc) is 2.37. The van der Waals surface area contributed by atoms with Gasteiger partial charge in [-0.15, -0.1) is 0 Å². The number of rotatable bonds is 5. The van der Waals surface area contributed by atoms with Gasteiger partial charge in [-0.3, -0.25) is 5.43 Å². The number of hydrazone groups is 1. The number of nitrogens with two attached hydrogens (primary N) is 1. The molecule has 1 aliphatic heterocycles. The molecule has 0 aliphatic carbocycles. The summed E-state index contributed by atoms with van der Waals surface area (Å²) >= 11 is 4.51. The van der Waals surface area contributed by atoms with Gasteiger partial charge in [-0.2, -0.15) is 5.10 Å². The van der Waals surface area contributed by atoms with Crippen molar-refractivity contribution in [2.24, 2.45) is 10.8 Å². The van der Waals surface area contributed by atoms with Crippen molar-refractivity contribution >= 4 is 23.5 Å². The van der Waals surface area contributed by atoms with Gasteiger partial charge >= 0.3 is 0 Å². The van der Waals surface area contributed by atoms with Gasteiger partial charge in [0, 0.05) is 0 Å². The van der Waals surface area contributed by atoms with Crippen molar-refractivity contribution in [2.45, 2.75) is 30.7 Å². The molecule has 0 aromatic carbocycles. The summed E-state index contributed by atoms with van der Waals surface area (Å²) in [4.78, 5) is 0. The highest BCUT2D eigenvalue weighted by atomic mass is 32.1. The van der Waals surface area contributed by atoms with Crippen molar-refractivity contribution in [3.8, 4) is 0 Å². The molecule has 0 saturated carbocycles. The van der Waals surface area contributed by atoms with E-state index < -0.39 is 37.3 Å². The van der Waals surface area contributed by atoms with Gasteiger partial charge in [0.15, 0.2) is 11.4 Å². The fourth-order valence-corrected chi connectivity index (χ4v) is 1.54. The lowest BCUT2D eigenvalue weighted by Crippen LogP contribution is -2.59. The Morgan fingerprint density at radius 1 is 1.37 bits per heavy atom. The maximum atomic E-state index is 9.62. The fraction of sp³-hybridized carbons (Fsp3) is 0.778. The molecule has 1 heterocycles. The maximum absolute atomic E-state index is 9.62. The summed E-state index contributed by atoms with van der Waals surface area (Å²) in [5.41, 5.74) is 7.42. The molecule has 1 saturated heterocycles. The molecule has 0 amide bonds. The van der Waals surface area contributed by atoms with Gasteiger partial charge in [0.1, 0.15) is 24.4 Å². The number of aliphatic hydroxyl groups excluding tert-OH is 4. The highest BCUT2D eigenvalue weighted by Crippen LogP contribution is 2.21. The molecule has 10 heteroatoms. The van der Waals surface area contributed by atoms with E-state index in [9.17, 15) is 15.3 Å². The van der Waals surface area contributed by atoms with Gasteiger partial charge in [0.25, 0.3) is 0 Å². The summed E-state index contributed by atoms with van der Waals surface area (Å²) in [5.74, 6) is 0. The number of nitrogens with one attached hydrogen (secondary N) is 1. The predicted molar refractivity (Wildman–Crippen MR) is 68.1 cm³/mol. The molecule has 0 aromatic rings. The van der Waals surface area contributed by atoms with Crippen molar-refractivity contribution < 1.29 is 29.9 Å². The van der Waals surface area contributed by atoms with E-state index in [2.05, 4.69) is 22.7 Å². The molecule has 5 atom stereocenters. The average molecular weight is 295 g/mol. The smallest absolute Gasteiger partial charge is 0.187 e. The van der Waals surface area contributed by atoms with Gasteiger partial charge in [0.05, 0.1) is 19.4 Å². The van der Waals surface area contributed by atoms with E-state index in [1.807, 2.05) is 0 Å². The third-order valence-corrected chi connectivity index (χ3v) is 2.54. The standard InChI is InChI=1S/C9H17N3O6S/c10-9(19)12-11-1-2-17-8-7(16)6(15)5(14)4(3-13)18-8/h1,4-8,13-16H,2-3H2,(H3,10,12,19)/b11-1+/t4-,5+,6+,7-,8-/m1/s1. The van der Waals surface area contributed by atoms with Gasteiger partial charge in [-0.1, -0.05) is 0 Å². The molecule has 0 unspecified atom stereocenters. The lowest BCUT2D eigenvalue weighted by atomic mass is 9.99. The summed E-state index contributed by atoms with van der Waals surface area (Å²) in [6.07, 6.45) is -5.23. The third kappa shape index (κ3) is 4.62. The van der Waals surface area contributed by atoms with E-state index in [1.54, 1.807) is 0 Å². The molecule has 19 heavy (non-hydrogen) atoms. The van der Waals surface area contributed by atoms with Crippen molar-refractivity contribution in [3.63, 3.8) is 0 Å². The van der Waals surface area contributed by atoms with Crippen LogP contribution in [0.2, 0.25) is 0 Å². The minimum Gasteiger partial charge on any atom is -0.394 e. The number of hydrogen-bond acceptors (Lipinski definition) is 8. The number of hydrogen-bond donors (Lipinski definition) is 6. The number of nitrogens with zero attached hydrogens (tertiary/aromatic N) is 1. The molecule has 0 radical (unpaired) electrons. The summed E-state index contributed by atoms with van der Waals surface area (Å²) in [7, 11) is 0. The van der Waals surface area contributed by atoms with Gasteiger partial charge < -0.3 is 35.6 Å². The SMILES string of the molecule is NC(=S)N/N=C/CO[C@@H]1O[C@H](CO)[C@H](O)[C@H](O)[C@H]1O. The molecule has 110 valence electrons. The first kappa shape index (κ1) is 16.2. The van der Waals surface area contributed by atoms with Crippen LogP contribution >= 0.6 is 12.2 Å². The first-order chi connectivity index (χ1) is 8.97. The van der Waals surface area contributed by atoms with E-state index in [0.717, 1.165) is 0 Å². The molecule has 0 aromatic heterocycles. The zero-order chi connectivity index (χ0) is 14.4. The largest absolute Gasteiger partial charge is 0.394 e. The molecular formula is C9H17N3O6S. The van der Waals surface area contributed by atoms with E-state index in [-0.39, 0.29) is 11.7 Å². The van der Waals surface area contributed by atoms with Crippen molar-refractivity contribution in [3.05, 3.63) is 0 Å². The molecular weight excluding hydrogens is 278 g/mol. The monoisotopic (exact) mass is 295 g/mol. The minimum absolute atomic E-state index is 0.0101. The van der Waals surface area contributed by atoms with Crippen LogP contribution in [0.5, 0.6) is 0 Å². The van der Waals surface area contributed by atoms with Gasteiger partial charge in [-0.25, -0.2) is 0 Å². The first-order valence-corrected chi connectivity index (χ1v) is 5.87. The zero-order valence-electron chi connectivity index (χ0n) is 9.92. The Kier molecular flexibility index (Phi) is 6.51. The Bertz CT molecular complexity index is 329. The molecule has 7 N–H and O–H groups in total. The van der Waals surface area contributed by atoms with E-state index in [1.165, 1.54) is 6.21 Å². The number of ether oxygens (including phenoxy) is 2. The molecule has 1 aliphatic rings. The number of thiocarbonyl (C=S) groups is 1. The third-order valence-electron chi connectivity index (χ3n) is 2.45. The Morgan fingerprint density at radius 3 is 2.63 bits per heavy atom. The van der Waals surface area contributed by atoms with Crippen LogP contribution in [0.3, 0.4) is 0 Å². The molecule has 0 spiro atoms. The lowest BCUT2D eigenvalue weighted by molar-refractivity contribution is -0.297. The van der Waals surface area contributed by atoms with Crippen LogP contribution < -0.4 is 11.2 Å². The summed E-state index contributed by atoms with van der Waals surface area (Å²) in [6, 6.07) is 0. The second-order valence-electron chi connectivity index (χ2n) is 3.82. The van der Waals surface area contributed by atoms with Crippen LogP contribution in [-0.2, 0) is 9.47 Å². The fourth-order valence-electron chi connectivity index (χ4n) is 1.49. The maximum Gasteiger partial charge on any atom is 0.187 e. The summed E-state index contributed by atoms with van der Waals surface area (Å²) in [5, 5.41) is 41.2.